The molecule has 8 heteroatoms. The van der Waals surface area contributed by atoms with Crippen molar-refractivity contribution in [2.24, 2.45) is 0 Å². The van der Waals surface area contributed by atoms with Crippen LogP contribution in [0, 0.1) is 5.82 Å². The molecule has 3 aromatic rings. The van der Waals surface area contributed by atoms with Crippen LogP contribution in [0.1, 0.15) is 0 Å². The van der Waals surface area contributed by atoms with Crippen LogP contribution in [0.5, 0.6) is 5.75 Å². The van der Waals surface area contributed by atoms with E-state index in [0.29, 0.717) is 31.9 Å². The fraction of sp³-hybridized carbons (Fsp3) is 0.238. The molecule has 0 atom stereocenters. The van der Waals surface area contributed by atoms with Crippen molar-refractivity contribution in [2.75, 3.05) is 37.7 Å². The molecule has 1 saturated heterocycles. The lowest BCUT2D eigenvalue weighted by Gasteiger charge is -2.35. The summed E-state index contributed by atoms with van der Waals surface area (Å²) < 4.78 is 18.9. The van der Waals surface area contributed by atoms with Gasteiger partial charge in [0.05, 0.1) is 5.69 Å². The van der Waals surface area contributed by atoms with E-state index in [-0.39, 0.29) is 18.3 Å². The van der Waals surface area contributed by atoms with Crippen LogP contribution in [0.4, 0.5) is 10.2 Å². The molecule has 0 bridgehead atoms. The molecule has 4 rings (SSSR count). The summed E-state index contributed by atoms with van der Waals surface area (Å²) in [6, 6.07) is 15.5. The molecule has 3 heterocycles. The van der Waals surface area contributed by atoms with Gasteiger partial charge in [-0.3, -0.25) is 9.78 Å². The molecule has 7 nitrogen and oxygen atoms in total. The van der Waals surface area contributed by atoms with E-state index in [1.54, 1.807) is 23.2 Å². The maximum absolute atomic E-state index is 13.6. The number of nitrogens with zero attached hydrogens (tertiary/aromatic N) is 5. The number of pyridine rings is 1. The molecule has 148 valence electrons. The second-order valence-electron chi connectivity index (χ2n) is 6.58. The molecule has 0 spiro atoms. The summed E-state index contributed by atoms with van der Waals surface area (Å²) in [7, 11) is 0. The average Bonchev–Trinajstić information content (AvgIpc) is 2.79. The Balaban J connectivity index is 1.30. The Labute approximate surface area is 167 Å². The SMILES string of the molecule is O=C(COc1ccccc1F)N1CCN(c2ccc(-c3ccccn3)nn2)CC1. The normalized spacial score (nSPS) is 14.0. The highest BCUT2D eigenvalue weighted by Gasteiger charge is 2.22. The van der Waals surface area contributed by atoms with Crippen LogP contribution < -0.4 is 9.64 Å². The second-order valence-corrected chi connectivity index (χ2v) is 6.58. The topological polar surface area (TPSA) is 71.5 Å². The molecule has 0 radical (unpaired) electrons. The van der Waals surface area contributed by atoms with E-state index in [4.69, 9.17) is 4.74 Å². The number of amides is 1. The van der Waals surface area contributed by atoms with Gasteiger partial charge in [0, 0.05) is 32.4 Å². The number of rotatable bonds is 5. The van der Waals surface area contributed by atoms with Gasteiger partial charge in [0.2, 0.25) is 0 Å². The number of aromatic nitrogens is 3. The molecule has 1 fully saturated rings. The molecule has 2 aromatic heterocycles. The first kappa shape index (κ1) is 18.8. The molecule has 0 saturated carbocycles. The Morgan fingerprint density at radius 3 is 2.41 bits per heavy atom. The Morgan fingerprint density at radius 2 is 1.72 bits per heavy atom. The second kappa shape index (κ2) is 8.64. The van der Waals surface area contributed by atoms with Crippen LogP contribution in [-0.2, 0) is 4.79 Å². The number of anilines is 1. The van der Waals surface area contributed by atoms with Crippen LogP contribution in [-0.4, -0.2) is 58.8 Å². The summed E-state index contributed by atoms with van der Waals surface area (Å²) in [6.45, 7) is 2.19. The monoisotopic (exact) mass is 393 g/mol. The number of piperazine rings is 1. The number of para-hydroxylation sites is 1. The third-order valence-electron chi connectivity index (χ3n) is 4.72. The predicted octanol–water partition coefficient (Wildman–Crippen LogP) is 2.41. The Morgan fingerprint density at radius 1 is 0.931 bits per heavy atom. The smallest absolute Gasteiger partial charge is 0.260 e. The quantitative estimate of drug-likeness (QED) is 0.663. The highest BCUT2D eigenvalue weighted by Crippen LogP contribution is 2.18. The summed E-state index contributed by atoms with van der Waals surface area (Å²) in [4.78, 5) is 20.4. The Bertz CT molecular complexity index is 960. The van der Waals surface area contributed by atoms with Gasteiger partial charge in [0.1, 0.15) is 5.69 Å². The minimum absolute atomic E-state index is 0.0859. The maximum Gasteiger partial charge on any atom is 0.260 e. The van der Waals surface area contributed by atoms with Gasteiger partial charge in [0.15, 0.2) is 24.0 Å². The number of carbonyl (C=O) groups is 1. The first-order chi connectivity index (χ1) is 14.2. The fourth-order valence-electron chi connectivity index (χ4n) is 3.12. The molecule has 1 aromatic carbocycles. The van der Waals surface area contributed by atoms with E-state index < -0.39 is 5.82 Å². The number of hydrogen-bond acceptors (Lipinski definition) is 6. The van der Waals surface area contributed by atoms with E-state index in [1.807, 2.05) is 30.3 Å². The van der Waals surface area contributed by atoms with E-state index in [2.05, 4.69) is 20.1 Å². The third kappa shape index (κ3) is 4.48. The van der Waals surface area contributed by atoms with Gasteiger partial charge in [-0.15, -0.1) is 10.2 Å². The first-order valence-corrected chi connectivity index (χ1v) is 9.36. The van der Waals surface area contributed by atoms with Gasteiger partial charge in [0.25, 0.3) is 5.91 Å². The molecular weight excluding hydrogens is 373 g/mol. The average molecular weight is 393 g/mol. The summed E-state index contributed by atoms with van der Waals surface area (Å²) in [5.41, 5.74) is 1.49. The van der Waals surface area contributed by atoms with Crippen molar-refractivity contribution in [3.8, 4) is 17.1 Å². The number of benzene rings is 1. The van der Waals surface area contributed by atoms with Crippen LogP contribution in [0.3, 0.4) is 0 Å². The van der Waals surface area contributed by atoms with Gasteiger partial charge in [-0.2, -0.15) is 0 Å². The summed E-state index contributed by atoms with van der Waals surface area (Å²) >= 11 is 0. The number of ether oxygens (including phenoxy) is 1. The lowest BCUT2D eigenvalue weighted by atomic mass is 10.2. The zero-order chi connectivity index (χ0) is 20.1. The Hall–Kier alpha value is -3.55. The number of hydrogen-bond donors (Lipinski definition) is 0. The predicted molar refractivity (Wildman–Crippen MR) is 106 cm³/mol. The summed E-state index contributed by atoms with van der Waals surface area (Å²) in [5.74, 6) is 0.212. The zero-order valence-corrected chi connectivity index (χ0v) is 15.7. The van der Waals surface area contributed by atoms with Crippen molar-refractivity contribution in [1.29, 1.82) is 0 Å². The van der Waals surface area contributed by atoms with Gasteiger partial charge < -0.3 is 14.5 Å². The number of carbonyl (C=O) groups excluding carboxylic acids is 1. The molecule has 29 heavy (non-hydrogen) atoms. The van der Waals surface area contributed by atoms with E-state index in [0.717, 1.165) is 11.5 Å². The summed E-state index contributed by atoms with van der Waals surface area (Å²) in [6.07, 6.45) is 1.72. The molecule has 1 amide bonds. The fourth-order valence-corrected chi connectivity index (χ4v) is 3.12. The zero-order valence-electron chi connectivity index (χ0n) is 15.7. The Kier molecular flexibility index (Phi) is 5.60. The van der Waals surface area contributed by atoms with Crippen molar-refractivity contribution >= 4 is 11.7 Å². The van der Waals surface area contributed by atoms with Gasteiger partial charge in [-0.05, 0) is 36.4 Å². The minimum atomic E-state index is -0.474. The van der Waals surface area contributed by atoms with E-state index in [9.17, 15) is 9.18 Å². The lowest BCUT2D eigenvalue weighted by Crippen LogP contribution is -2.50. The first-order valence-electron chi connectivity index (χ1n) is 9.36. The maximum atomic E-state index is 13.6. The minimum Gasteiger partial charge on any atom is -0.481 e. The summed E-state index contributed by atoms with van der Waals surface area (Å²) in [5, 5.41) is 8.56. The van der Waals surface area contributed by atoms with Crippen molar-refractivity contribution in [3.05, 3.63) is 66.6 Å². The molecule has 0 aliphatic carbocycles. The van der Waals surface area contributed by atoms with Gasteiger partial charge >= 0.3 is 0 Å². The van der Waals surface area contributed by atoms with Crippen molar-refractivity contribution in [1.82, 2.24) is 20.1 Å². The largest absolute Gasteiger partial charge is 0.481 e. The van der Waals surface area contributed by atoms with Crippen LogP contribution in [0.15, 0.2) is 60.8 Å². The van der Waals surface area contributed by atoms with Gasteiger partial charge in [-0.1, -0.05) is 18.2 Å². The third-order valence-corrected chi connectivity index (χ3v) is 4.72. The standard InChI is InChI=1S/C21H20FN5O2/c22-16-5-1-2-7-19(16)29-15-21(28)27-13-11-26(12-14-27)20-9-8-18(24-25-20)17-6-3-4-10-23-17/h1-10H,11-15H2. The van der Waals surface area contributed by atoms with Crippen LogP contribution in [0.25, 0.3) is 11.4 Å². The molecule has 0 N–H and O–H groups in total. The molecule has 0 unspecified atom stereocenters. The lowest BCUT2D eigenvalue weighted by molar-refractivity contribution is -0.133. The van der Waals surface area contributed by atoms with Gasteiger partial charge in [-0.25, -0.2) is 4.39 Å². The number of halogens is 1. The van der Waals surface area contributed by atoms with E-state index in [1.165, 1.54) is 12.1 Å². The molecule has 1 aliphatic rings. The molecular formula is C21H20FN5O2. The highest BCUT2D eigenvalue weighted by molar-refractivity contribution is 5.78. The van der Waals surface area contributed by atoms with Crippen LogP contribution in [0.2, 0.25) is 0 Å². The molecule has 1 aliphatic heterocycles. The van der Waals surface area contributed by atoms with Crippen LogP contribution >= 0.6 is 0 Å². The van der Waals surface area contributed by atoms with Crippen molar-refractivity contribution in [2.45, 2.75) is 0 Å². The van der Waals surface area contributed by atoms with E-state index >= 15 is 0 Å². The van der Waals surface area contributed by atoms with Crippen molar-refractivity contribution < 1.29 is 13.9 Å². The van der Waals surface area contributed by atoms with Crippen molar-refractivity contribution in [3.63, 3.8) is 0 Å². The highest BCUT2D eigenvalue weighted by atomic mass is 19.1.